The molecule has 123 valence electrons. The molecule has 0 N–H and O–H groups in total. The number of amides is 2. The second-order valence-corrected chi connectivity index (χ2v) is 6.14. The number of hydrogen-bond donors (Lipinski definition) is 0. The fourth-order valence-electron chi connectivity index (χ4n) is 2.61. The van der Waals surface area contributed by atoms with Crippen LogP contribution in [0.3, 0.4) is 0 Å². The Hall–Kier alpha value is -0.860. The summed E-state index contributed by atoms with van der Waals surface area (Å²) in [7, 11) is 0. The molecule has 0 aromatic rings. The van der Waals surface area contributed by atoms with Gasteiger partial charge in [-0.25, -0.2) is 0 Å². The third kappa shape index (κ3) is 10.5. The highest BCUT2D eigenvalue weighted by Gasteiger charge is 2.18. The summed E-state index contributed by atoms with van der Waals surface area (Å²) in [5, 5.41) is 3.79. The fraction of sp³-hybridized carbons (Fsp3) is 0.889. The lowest BCUT2D eigenvalue weighted by Gasteiger charge is -2.14. The minimum Gasteiger partial charge on any atom is -0.272 e. The topological polar surface area (TPSA) is 48.2 Å². The maximum absolute atomic E-state index is 11.9. The molecule has 0 spiro atoms. The summed E-state index contributed by atoms with van der Waals surface area (Å²) in [4.78, 5) is 23.8. The van der Waals surface area contributed by atoms with E-state index < -0.39 is 0 Å². The number of nitrogens with zero attached hydrogens (tertiary/aromatic N) is 1. The van der Waals surface area contributed by atoms with Crippen LogP contribution in [0.4, 0.5) is 0 Å². The number of imide groups is 1. The quantitative estimate of drug-likeness (QED) is 0.516. The number of hydrogen-bond acceptors (Lipinski definition) is 2. The zero-order valence-corrected chi connectivity index (χ0v) is 14.5. The molecule has 0 saturated heterocycles. The first kappa shape index (κ1) is 20.1. The van der Waals surface area contributed by atoms with Gasteiger partial charge < -0.3 is 0 Å². The lowest BCUT2D eigenvalue weighted by molar-refractivity contribution is -0.132. The smallest absolute Gasteiger partial charge is 0.249 e. The van der Waals surface area contributed by atoms with Crippen molar-refractivity contribution in [2.24, 2.45) is 11.8 Å². The van der Waals surface area contributed by atoms with Crippen molar-refractivity contribution in [1.82, 2.24) is 5.32 Å². The SMILES string of the molecule is CCCCC(CC)CC(=O)[N]C(=O)CC(CC)CCCC. The summed E-state index contributed by atoms with van der Waals surface area (Å²) in [6, 6.07) is 0. The molecule has 0 rings (SSSR count). The van der Waals surface area contributed by atoms with Crippen LogP contribution in [0.5, 0.6) is 0 Å². The van der Waals surface area contributed by atoms with E-state index in [4.69, 9.17) is 0 Å². The molecule has 0 bridgehead atoms. The van der Waals surface area contributed by atoms with Crippen molar-refractivity contribution in [2.45, 2.75) is 91.9 Å². The molecule has 0 aliphatic heterocycles. The summed E-state index contributed by atoms with van der Waals surface area (Å²) in [5.74, 6) is 0.341. The summed E-state index contributed by atoms with van der Waals surface area (Å²) in [5.41, 5.74) is 0. The minimum atomic E-state index is -0.215. The van der Waals surface area contributed by atoms with Crippen LogP contribution in [-0.4, -0.2) is 11.8 Å². The van der Waals surface area contributed by atoms with Crippen molar-refractivity contribution in [3.63, 3.8) is 0 Å². The van der Waals surface area contributed by atoms with Crippen LogP contribution in [0.2, 0.25) is 0 Å². The second kappa shape index (κ2) is 12.8. The van der Waals surface area contributed by atoms with Crippen molar-refractivity contribution in [3.8, 4) is 0 Å². The van der Waals surface area contributed by atoms with E-state index in [0.717, 1.165) is 51.4 Å². The minimum absolute atomic E-state index is 0.215. The van der Waals surface area contributed by atoms with Gasteiger partial charge in [-0.2, -0.15) is 5.32 Å². The van der Waals surface area contributed by atoms with Gasteiger partial charge in [0.05, 0.1) is 0 Å². The predicted octanol–water partition coefficient (Wildman–Crippen LogP) is 4.86. The first-order chi connectivity index (χ1) is 10.1. The van der Waals surface area contributed by atoms with E-state index in [1.807, 2.05) is 0 Å². The first-order valence-corrected chi connectivity index (χ1v) is 8.84. The Morgan fingerprint density at radius 2 is 1.14 bits per heavy atom. The van der Waals surface area contributed by atoms with Crippen molar-refractivity contribution < 1.29 is 9.59 Å². The highest BCUT2D eigenvalue weighted by Crippen LogP contribution is 2.18. The fourth-order valence-corrected chi connectivity index (χ4v) is 2.61. The largest absolute Gasteiger partial charge is 0.272 e. The van der Waals surface area contributed by atoms with E-state index >= 15 is 0 Å². The second-order valence-electron chi connectivity index (χ2n) is 6.14. The van der Waals surface area contributed by atoms with E-state index in [0.29, 0.717) is 24.7 Å². The van der Waals surface area contributed by atoms with E-state index in [1.165, 1.54) is 0 Å². The van der Waals surface area contributed by atoms with Gasteiger partial charge in [0.15, 0.2) is 0 Å². The van der Waals surface area contributed by atoms with Gasteiger partial charge in [0.1, 0.15) is 0 Å². The molecular formula is C18H34NO2. The molecule has 0 aromatic heterocycles. The Labute approximate surface area is 131 Å². The third-order valence-corrected chi connectivity index (χ3v) is 4.26. The molecule has 0 heterocycles. The van der Waals surface area contributed by atoms with Gasteiger partial charge in [-0.3, -0.25) is 9.59 Å². The van der Waals surface area contributed by atoms with Crippen LogP contribution in [0.25, 0.3) is 0 Å². The van der Waals surface area contributed by atoms with Crippen LogP contribution in [0.15, 0.2) is 0 Å². The summed E-state index contributed by atoms with van der Waals surface area (Å²) in [6.07, 6.45) is 9.58. The van der Waals surface area contributed by atoms with E-state index in [1.54, 1.807) is 0 Å². The monoisotopic (exact) mass is 296 g/mol. The first-order valence-electron chi connectivity index (χ1n) is 8.84. The molecule has 0 aliphatic rings. The number of rotatable bonds is 12. The highest BCUT2D eigenvalue weighted by atomic mass is 16.2. The molecule has 1 radical (unpaired) electrons. The maximum atomic E-state index is 11.9. The molecule has 2 unspecified atom stereocenters. The average Bonchev–Trinajstić information content (AvgIpc) is 2.47. The lowest BCUT2D eigenvalue weighted by atomic mass is 9.94. The van der Waals surface area contributed by atoms with E-state index in [-0.39, 0.29) is 11.8 Å². The van der Waals surface area contributed by atoms with Crippen molar-refractivity contribution in [1.29, 1.82) is 0 Å². The Balaban J connectivity index is 4.08. The molecule has 0 saturated carbocycles. The predicted molar refractivity (Wildman–Crippen MR) is 88.0 cm³/mol. The van der Waals surface area contributed by atoms with Crippen molar-refractivity contribution in [3.05, 3.63) is 0 Å². The van der Waals surface area contributed by atoms with Gasteiger partial charge >= 0.3 is 0 Å². The number of carbonyl (C=O) groups is 2. The zero-order chi connectivity index (χ0) is 16.1. The Kier molecular flexibility index (Phi) is 12.3. The maximum Gasteiger partial charge on any atom is 0.249 e. The Morgan fingerprint density at radius 3 is 1.43 bits per heavy atom. The van der Waals surface area contributed by atoms with Crippen LogP contribution < -0.4 is 5.32 Å². The van der Waals surface area contributed by atoms with E-state index in [9.17, 15) is 9.59 Å². The van der Waals surface area contributed by atoms with Gasteiger partial charge in [0.2, 0.25) is 11.8 Å². The molecule has 2 atom stereocenters. The number of carbonyl (C=O) groups excluding carboxylic acids is 2. The zero-order valence-electron chi connectivity index (χ0n) is 14.5. The Morgan fingerprint density at radius 1 is 0.762 bits per heavy atom. The van der Waals surface area contributed by atoms with E-state index in [2.05, 4.69) is 33.0 Å². The molecule has 21 heavy (non-hydrogen) atoms. The lowest BCUT2D eigenvalue weighted by Crippen LogP contribution is -2.26. The van der Waals surface area contributed by atoms with Gasteiger partial charge in [-0.15, -0.1) is 0 Å². The molecule has 3 heteroatoms. The van der Waals surface area contributed by atoms with Crippen molar-refractivity contribution in [2.75, 3.05) is 0 Å². The average molecular weight is 296 g/mol. The molecule has 0 aromatic carbocycles. The summed E-state index contributed by atoms with van der Waals surface area (Å²) in [6.45, 7) is 8.52. The standard InChI is InChI=1S/C18H34NO2/c1-5-9-11-15(7-3)13-17(20)19-18(21)14-16(8-4)12-10-6-2/h15-16H,5-14H2,1-4H3. The van der Waals surface area contributed by atoms with Gasteiger partial charge in [-0.1, -0.05) is 66.2 Å². The molecule has 2 amide bonds. The van der Waals surface area contributed by atoms with Crippen LogP contribution >= 0.6 is 0 Å². The summed E-state index contributed by atoms with van der Waals surface area (Å²) < 4.78 is 0. The highest BCUT2D eigenvalue weighted by molar-refractivity contribution is 5.94. The molecule has 0 aliphatic carbocycles. The van der Waals surface area contributed by atoms with Crippen molar-refractivity contribution >= 4 is 11.8 Å². The Bertz CT molecular complexity index is 261. The summed E-state index contributed by atoms with van der Waals surface area (Å²) >= 11 is 0. The van der Waals surface area contributed by atoms with Crippen LogP contribution in [0, 0.1) is 11.8 Å². The molecule has 0 fully saturated rings. The van der Waals surface area contributed by atoms with Gasteiger partial charge in [0, 0.05) is 12.8 Å². The normalized spacial score (nSPS) is 13.7. The number of unbranched alkanes of at least 4 members (excludes halogenated alkanes) is 2. The van der Waals surface area contributed by atoms with Crippen LogP contribution in [-0.2, 0) is 9.59 Å². The molecular weight excluding hydrogens is 262 g/mol. The van der Waals surface area contributed by atoms with Crippen LogP contribution in [0.1, 0.15) is 91.9 Å². The molecule has 3 nitrogen and oxygen atoms in total. The van der Waals surface area contributed by atoms with Gasteiger partial charge in [0.25, 0.3) is 0 Å². The third-order valence-electron chi connectivity index (χ3n) is 4.26. The van der Waals surface area contributed by atoms with Gasteiger partial charge in [-0.05, 0) is 24.7 Å².